The minimum Gasteiger partial charge on any atom is -0.368 e. The van der Waals surface area contributed by atoms with Gasteiger partial charge in [-0.15, -0.1) is 0 Å². The van der Waals surface area contributed by atoms with Crippen molar-refractivity contribution in [2.24, 2.45) is 5.92 Å². The highest BCUT2D eigenvalue weighted by atomic mass is 32.1. The maximum Gasteiger partial charge on any atom is 0.232 e. The Hall–Kier alpha value is -2.61. The molecule has 1 atom stereocenters. The first-order valence-corrected chi connectivity index (χ1v) is 13.3. The third-order valence-electron chi connectivity index (χ3n) is 7.32. The van der Waals surface area contributed by atoms with Crippen molar-refractivity contribution in [3.8, 4) is 0 Å². The molecule has 5 rings (SSSR count). The molecule has 2 saturated heterocycles. The van der Waals surface area contributed by atoms with E-state index >= 15 is 0 Å². The Labute approximate surface area is 208 Å². The summed E-state index contributed by atoms with van der Waals surface area (Å²) in [5, 5.41) is 7.41. The second kappa shape index (κ2) is 10.8. The quantitative estimate of drug-likeness (QED) is 0.617. The maximum atomic E-state index is 5.62. The second-order valence-electron chi connectivity index (χ2n) is 9.99. The first-order valence-electron chi connectivity index (χ1n) is 12.9. The van der Waals surface area contributed by atoms with Crippen LogP contribution in [0.2, 0.25) is 0 Å². The van der Waals surface area contributed by atoms with Crippen LogP contribution in [0, 0.1) is 5.92 Å². The Morgan fingerprint density at radius 2 is 1.53 bits per heavy atom. The van der Waals surface area contributed by atoms with E-state index in [1.807, 2.05) is 0 Å². The van der Waals surface area contributed by atoms with Gasteiger partial charge in [0.25, 0.3) is 0 Å². The monoisotopic (exact) mass is 479 g/mol. The predicted octanol–water partition coefficient (Wildman–Crippen LogP) is 4.27. The second-order valence-corrected chi connectivity index (χ2v) is 10.4. The molecule has 8 heteroatoms. The van der Waals surface area contributed by atoms with Gasteiger partial charge < -0.3 is 25.3 Å². The number of aromatic nitrogens is 2. The minimum atomic E-state index is 0.469. The van der Waals surface area contributed by atoms with Gasteiger partial charge in [-0.25, -0.2) is 0 Å². The fourth-order valence-corrected chi connectivity index (χ4v) is 5.68. The number of hydrogen-bond acceptors (Lipinski definition) is 6. The smallest absolute Gasteiger partial charge is 0.232 e. The number of anilines is 4. The SMILES string of the molecule is C[C@@H]1CCCN(c2cc(N3CCN(c4ccccc4)CC3)nc(NC(=S)NC3CCCC3)n2)C1. The largest absolute Gasteiger partial charge is 0.368 e. The molecule has 3 aliphatic rings. The molecular weight excluding hydrogens is 442 g/mol. The fourth-order valence-electron chi connectivity index (χ4n) is 5.43. The Kier molecular flexibility index (Phi) is 7.33. The normalized spacial score (nSPS) is 21.6. The van der Waals surface area contributed by atoms with Crippen molar-refractivity contribution < 1.29 is 0 Å². The summed E-state index contributed by atoms with van der Waals surface area (Å²) in [6.45, 7) is 8.26. The summed E-state index contributed by atoms with van der Waals surface area (Å²) in [6.07, 6.45) is 7.42. The van der Waals surface area contributed by atoms with E-state index in [2.05, 4.69) is 68.7 Å². The van der Waals surface area contributed by atoms with Crippen LogP contribution >= 0.6 is 12.2 Å². The van der Waals surface area contributed by atoms with Gasteiger partial charge in [0.2, 0.25) is 5.95 Å². The zero-order valence-corrected chi connectivity index (χ0v) is 21.1. The summed E-state index contributed by atoms with van der Waals surface area (Å²) >= 11 is 5.62. The summed E-state index contributed by atoms with van der Waals surface area (Å²) in [5.41, 5.74) is 1.29. The van der Waals surface area contributed by atoms with Crippen molar-refractivity contribution in [2.45, 2.75) is 51.5 Å². The number of hydrogen-bond donors (Lipinski definition) is 2. The Morgan fingerprint density at radius 3 is 2.24 bits per heavy atom. The number of piperidine rings is 1. The highest BCUT2D eigenvalue weighted by molar-refractivity contribution is 7.80. The number of piperazine rings is 1. The van der Waals surface area contributed by atoms with Crippen molar-refractivity contribution in [2.75, 3.05) is 59.3 Å². The van der Waals surface area contributed by atoms with Crippen LogP contribution < -0.4 is 25.3 Å². The molecule has 0 unspecified atom stereocenters. The summed E-state index contributed by atoms with van der Waals surface area (Å²) in [6, 6.07) is 13.3. The minimum absolute atomic E-state index is 0.469. The third kappa shape index (κ3) is 5.71. The van der Waals surface area contributed by atoms with Gasteiger partial charge in [-0.05, 0) is 56.0 Å². The van der Waals surface area contributed by atoms with Crippen LogP contribution in [-0.2, 0) is 0 Å². The average Bonchev–Trinajstić information content (AvgIpc) is 3.37. The maximum absolute atomic E-state index is 5.62. The molecule has 1 aliphatic carbocycles. The van der Waals surface area contributed by atoms with Gasteiger partial charge in [-0.1, -0.05) is 38.0 Å². The van der Waals surface area contributed by atoms with Gasteiger partial charge in [-0.2, -0.15) is 9.97 Å². The van der Waals surface area contributed by atoms with Crippen molar-refractivity contribution in [1.82, 2.24) is 15.3 Å². The van der Waals surface area contributed by atoms with E-state index in [9.17, 15) is 0 Å². The van der Waals surface area contributed by atoms with Gasteiger partial charge >= 0.3 is 0 Å². The van der Waals surface area contributed by atoms with Crippen molar-refractivity contribution in [3.63, 3.8) is 0 Å². The van der Waals surface area contributed by atoms with Crippen LogP contribution in [-0.4, -0.2) is 60.4 Å². The molecule has 0 amide bonds. The van der Waals surface area contributed by atoms with Crippen molar-refractivity contribution in [1.29, 1.82) is 0 Å². The molecular formula is C26H37N7S. The van der Waals surface area contributed by atoms with Gasteiger partial charge in [-0.3, -0.25) is 0 Å². The molecule has 2 aliphatic heterocycles. The Bertz CT molecular complexity index is 955. The standard InChI is InChI=1S/C26H37N7S/c1-20-8-7-13-33(19-20)24-18-23(28-25(29-24)30-26(34)27-21-9-5-6-10-21)32-16-14-31(15-17-32)22-11-3-2-4-12-22/h2-4,11-12,18,20-21H,5-10,13-17,19H2,1H3,(H2,27,28,29,30,34)/t20-/m1/s1. The van der Waals surface area contributed by atoms with E-state index in [0.29, 0.717) is 23.0 Å². The van der Waals surface area contributed by atoms with Gasteiger partial charge in [0.05, 0.1) is 0 Å². The molecule has 34 heavy (non-hydrogen) atoms. The molecule has 2 N–H and O–H groups in total. The molecule has 0 spiro atoms. The summed E-state index contributed by atoms with van der Waals surface area (Å²) < 4.78 is 0. The van der Waals surface area contributed by atoms with Crippen LogP contribution in [0.1, 0.15) is 45.4 Å². The van der Waals surface area contributed by atoms with Gasteiger partial charge in [0.1, 0.15) is 11.6 Å². The zero-order valence-electron chi connectivity index (χ0n) is 20.2. The van der Waals surface area contributed by atoms with Crippen LogP contribution in [0.5, 0.6) is 0 Å². The number of nitrogens with zero attached hydrogens (tertiary/aromatic N) is 5. The zero-order chi connectivity index (χ0) is 23.3. The number of rotatable bonds is 5. The fraction of sp³-hybridized carbons (Fsp3) is 0.577. The number of nitrogens with one attached hydrogen (secondary N) is 2. The summed E-state index contributed by atoms with van der Waals surface area (Å²) in [4.78, 5) is 17.1. The van der Waals surface area contributed by atoms with Gasteiger partial charge in [0, 0.05) is 57.1 Å². The molecule has 1 aromatic carbocycles. The average molecular weight is 480 g/mol. The first kappa shape index (κ1) is 23.1. The first-order chi connectivity index (χ1) is 16.6. The molecule has 3 fully saturated rings. The molecule has 1 saturated carbocycles. The van der Waals surface area contributed by atoms with E-state index in [4.69, 9.17) is 22.2 Å². The lowest BCUT2D eigenvalue weighted by Crippen LogP contribution is -2.47. The van der Waals surface area contributed by atoms with Gasteiger partial charge in [0.15, 0.2) is 5.11 Å². The van der Waals surface area contributed by atoms with Crippen molar-refractivity contribution >= 4 is 40.6 Å². The molecule has 0 radical (unpaired) electrons. The van der Waals surface area contributed by atoms with E-state index in [1.54, 1.807) is 0 Å². The van der Waals surface area contributed by atoms with E-state index < -0.39 is 0 Å². The number of para-hydroxylation sites is 1. The lowest BCUT2D eigenvalue weighted by molar-refractivity contribution is 0.444. The van der Waals surface area contributed by atoms with Crippen LogP contribution in [0.25, 0.3) is 0 Å². The molecule has 1 aromatic heterocycles. The lowest BCUT2D eigenvalue weighted by atomic mass is 10.0. The highest BCUT2D eigenvalue weighted by Crippen LogP contribution is 2.27. The molecule has 182 valence electrons. The molecule has 3 heterocycles. The van der Waals surface area contributed by atoms with Crippen LogP contribution in [0.15, 0.2) is 36.4 Å². The topological polar surface area (TPSA) is 59.6 Å². The molecule has 0 bridgehead atoms. The van der Waals surface area contributed by atoms with E-state index in [0.717, 1.165) is 50.9 Å². The Morgan fingerprint density at radius 1 is 0.853 bits per heavy atom. The highest BCUT2D eigenvalue weighted by Gasteiger charge is 2.24. The van der Waals surface area contributed by atoms with Crippen LogP contribution in [0.4, 0.5) is 23.3 Å². The summed E-state index contributed by atoms with van der Waals surface area (Å²) in [5.74, 6) is 3.28. The lowest BCUT2D eigenvalue weighted by Gasteiger charge is -2.37. The number of benzene rings is 1. The summed E-state index contributed by atoms with van der Waals surface area (Å²) in [7, 11) is 0. The van der Waals surface area contributed by atoms with E-state index in [-0.39, 0.29) is 0 Å². The predicted molar refractivity (Wildman–Crippen MR) is 145 cm³/mol. The molecule has 2 aromatic rings. The van der Waals surface area contributed by atoms with Crippen molar-refractivity contribution in [3.05, 3.63) is 36.4 Å². The van der Waals surface area contributed by atoms with Crippen LogP contribution in [0.3, 0.4) is 0 Å². The Balaban J connectivity index is 1.32. The third-order valence-corrected chi connectivity index (χ3v) is 7.54. The van der Waals surface area contributed by atoms with E-state index in [1.165, 1.54) is 44.2 Å². The molecule has 7 nitrogen and oxygen atoms in total. The number of thiocarbonyl (C=S) groups is 1.